The number of piperazine rings is 1. The van der Waals surface area contributed by atoms with Crippen molar-refractivity contribution in [2.45, 2.75) is 0 Å². The maximum Gasteiger partial charge on any atom is 0.150 e. The summed E-state index contributed by atoms with van der Waals surface area (Å²) in [6, 6.07) is 0. The standard InChI is InChI=1S/C7H18N6/c1-12-2-4-13(5-3-12)6-7(10-8)11-9/h2-6,8-9H2,1H3,(H,10,11). The molecule has 0 aromatic rings. The van der Waals surface area contributed by atoms with E-state index in [-0.39, 0.29) is 0 Å². The van der Waals surface area contributed by atoms with E-state index in [1.54, 1.807) is 0 Å². The number of nitrogens with two attached hydrogens (primary N) is 2. The van der Waals surface area contributed by atoms with Crippen LogP contribution in [-0.2, 0) is 0 Å². The number of hydrazone groups is 1. The molecule has 0 amide bonds. The molecule has 1 rings (SSSR count). The Bertz CT molecular complexity index is 172. The van der Waals surface area contributed by atoms with Crippen LogP contribution >= 0.6 is 0 Å². The molecule has 0 bridgehead atoms. The fraction of sp³-hybridized carbons (Fsp3) is 0.857. The van der Waals surface area contributed by atoms with Gasteiger partial charge in [0.25, 0.3) is 0 Å². The summed E-state index contributed by atoms with van der Waals surface area (Å²) in [5.74, 6) is 11.0. The minimum atomic E-state index is 0.629. The lowest BCUT2D eigenvalue weighted by molar-refractivity contribution is 0.169. The van der Waals surface area contributed by atoms with Crippen LogP contribution < -0.4 is 17.1 Å². The van der Waals surface area contributed by atoms with Gasteiger partial charge in [0, 0.05) is 26.2 Å². The Labute approximate surface area is 78.5 Å². The third kappa shape index (κ3) is 3.17. The molecule has 0 saturated carbocycles. The van der Waals surface area contributed by atoms with E-state index in [1.165, 1.54) is 0 Å². The van der Waals surface area contributed by atoms with Crippen molar-refractivity contribution in [3.05, 3.63) is 0 Å². The molecule has 1 saturated heterocycles. The van der Waals surface area contributed by atoms with Gasteiger partial charge in [-0.2, -0.15) is 5.10 Å². The first kappa shape index (κ1) is 10.2. The number of nitrogens with one attached hydrogen (secondary N) is 1. The Morgan fingerprint density at radius 1 is 1.38 bits per heavy atom. The van der Waals surface area contributed by atoms with Crippen LogP contribution in [0.1, 0.15) is 0 Å². The summed E-state index contributed by atoms with van der Waals surface area (Å²) in [6.45, 7) is 4.96. The van der Waals surface area contributed by atoms with Crippen molar-refractivity contribution in [2.75, 3.05) is 39.8 Å². The predicted molar refractivity (Wildman–Crippen MR) is 52.9 cm³/mol. The number of hydrazine groups is 1. The molecule has 0 spiro atoms. The zero-order valence-corrected chi connectivity index (χ0v) is 8.03. The highest BCUT2D eigenvalue weighted by atomic mass is 15.3. The van der Waals surface area contributed by atoms with Gasteiger partial charge in [0.1, 0.15) is 5.84 Å². The van der Waals surface area contributed by atoms with Crippen LogP contribution in [0, 0.1) is 0 Å². The normalized spacial score (nSPS) is 21.8. The number of amidine groups is 1. The first-order valence-electron chi connectivity index (χ1n) is 4.40. The molecule has 1 heterocycles. The van der Waals surface area contributed by atoms with Crippen molar-refractivity contribution in [1.82, 2.24) is 15.2 Å². The Hall–Kier alpha value is -0.850. The highest BCUT2D eigenvalue weighted by molar-refractivity contribution is 5.83. The number of likely N-dealkylation sites (N-methyl/N-ethyl adjacent to an activating group) is 1. The average molecular weight is 186 g/mol. The highest BCUT2D eigenvalue weighted by Crippen LogP contribution is 1.97. The maximum atomic E-state index is 5.23. The highest BCUT2D eigenvalue weighted by Gasteiger charge is 2.14. The van der Waals surface area contributed by atoms with Crippen molar-refractivity contribution >= 4 is 5.84 Å². The molecule has 0 aromatic heterocycles. The van der Waals surface area contributed by atoms with E-state index < -0.39 is 0 Å². The third-order valence-corrected chi connectivity index (χ3v) is 2.29. The molecule has 0 unspecified atom stereocenters. The van der Waals surface area contributed by atoms with Crippen LogP contribution in [0.2, 0.25) is 0 Å². The van der Waals surface area contributed by atoms with Gasteiger partial charge in [0.15, 0.2) is 0 Å². The monoisotopic (exact) mass is 186 g/mol. The van der Waals surface area contributed by atoms with Crippen LogP contribution in [0.25, 0.3) is 0 Å². The van der Waals surface area contributed by atoms with Crippen LogP contribution in [-0.4, -0.2) is 55.4 Å². The van der Waals surface area contributed by atoms with Crippen molar-refractivity contribution in [2.24, 2.45) is 16.8 Å². The zero-order chi connectivity index (χ0) is 9.68. The van der Waals surface area contributed by atoms with E-state index in [9.17, 15) is 0 Å². The van der Waals surface area contributed by atoms with Gasteiger partial charge in [-0.05, 0) is 7.05 Å². The quantitative estimate of drug-likeness (QED) is 0.200. The topological polar surface area (TPSA) is 82.9 Å². The van der Waals surface area contributed by atoms with Gasteiger partial charge in [-0.3, -0.25) is 4.90 Å². The molecule has 0 aliphatic carbocycles. The molecular weight excluding hydrogens is 168 g/mol. The summed E-state index contributed by atoms with van der Waals surface area (Å²) in [7, 11) is 2.12. The summed E-state index contributed by atoms with van der Waals surface area (Å²) in [4.78, 5) is 4.57. The van der Waals surface area contributed by atoms with E-state index in [0.29, 0.717) is 12.4 Å². The molecule has 6 heteroatoms. The predicted octanol–water partition coefficient (Wildman–Crippen LogP) is -2.03. The molecule has 0 aromatic carbocycles. The van der Waals surface area contributed by atoms with E-state index in [1.807, 2.05) is 0 Å². The molecule has 76 valence electrons. The number of nitrogens with zero attached hydrogens (tertiary/aromatic N) is 3. The lowest BCUT2D eigenvalue weighted by Gasteiger charge is -2.32. The minimum Gasteiger partial charge on any atom is -0.321 e. The van der Waals surface area contributed by atoms with E-state index in [0.717, 1.165) is 26.2 Å². The second kappa shape index (κ2) is 5.00. The van der Waals surface area contributed by atoms with E-state index in [2.05, 4.69) is 27.4 Å². The fourth-order valence-electron chi connectivity index (χ4n) is 1.34. The zero-order valence-electron chi connectivity index (χ0n) is 8.03. The molecule has 1 fully saturated rings. The summed E-state index contributed by atoms with van der Waals surface area (Å²) < 4.78 is 0. The van der Waals surface area contributed by atoms with E-state index >= 15 is 0 Å². The minimum absolute atomic E-state index is 0.629. The average Bonchev–Trinajstić information content (AvgIpc) is 2.17. The first-order valence-corrected chi connectivity index (χ1v) is 4.40. The van der Waals surface area contributed by atoms with Crippen LogP contribution in [0.15, 0.2) is 5.10 Å². The van der Waals surface area contributed by atoms with Gasteiger partial charge in [0.2, 0.25) is 0 Å². The van der Waals surface area contributed by atoms with Gasteiger partial charge in [-0.1, -0.05) is 0 Å². The number of hydrogen-bond acceptors (Lipinski definition) is 5. The third-order valence-electron chi connectivity index (χ3n) is 2.29. The largest absolute Gasteiger partial charge is 0.321 e. The van der Waals surface area contributed by atoms with E-state index in [4.69, 9.17) is 11.7 Å². The molecule has 0 atom stereocenters. The summed E-state index contributed by atoms with van der Waals surface area (Å²) in [5.41, 5.74) is 2.48. The van der Waals surface area contributed by atoms with Crippen LogP contribution in [0.4, 0.5) is 0 Å². The lowest BCUT2D eigenvalue weighted by atomic mass is 10.3. The number of rotatable bonds is 2. The fourth-order valence-corrected chi connectivity index (χ4v) is 1.34. The molecule has 6 nitrogen and oxygen atoms in total. The molecule has 1 aliphatic heterocycles. The molecule has 1 aliphatic rings. The summed E-state index contributed by atoms with van der Waals surface area (Å²) >= 11 is 0. The first-order chi connectivity index (χ1) is 6.26. The van der Waals surface area contributed by atoms with Crippen LogP contribution in [0.5, 0.6) is 0 Å². The van der Waals surface area contributed by atoms with Gasteiger partial charge in [-0.15, -0.1) is 0 Å². The summed E-state index contributed by atoms with van der Waals surface area (Å²) in [6.07, 6.45) is 0. The van der Waals surface area contributed by atoms with Gasteiger partial charge < -0.3 is 16.2 Å². The second-order valence-corrected chi connectivity index (χ2v) is 3.30. The SMILES string of the molecule is CN1CCN(C/C(=N/N)NN)CC1. The molecule has 0 radical (unpaired) electrons. The number of hydrogen-bond donors (Lipinski definition) is 3. The van der Waals surface area contributed by atoms with Crippen molar-refractivity contribution in [3.8, 4) is 0 Å². The van der Waals surface area contributed by atoms with Gasteiger partial charge in [-0.25, -0.2) is 5.84 Å². The smallest absolute Gasteiger partial charge is 0.150 e. The Balaban J connectivity index is 2.29. The second-order valence-electron chi connectivity index (χ2n) is 3.30. The van der Waals surface area contributed by atoms with Crippen molar-refractivity contribution < 1.29 is 0 Å². The molecule has 5 N–H and O–H groups in total. The summed E-state index contributed by atoms with van der Waals surface area (Å²) in [5, 5.41) is 3.54. The molecular formula is C7H18N6. The Kier molecular flexibility index (Phi) is 3.94. The van der Waals surface area contributed by atoms with Gasteiger partial charge in [0.05, 0.1) is 6.54 Å². The lowest BCUT2D eigenvalue weighted by Crippen LogP contribution is -2.49. The Morgan fingerprint density at radius 3 is 2.46 bits per heavy atom. The van der Waals surface area contributed by atoms with Gasteiger partial charge >= 0.3 is 0 Å². The van der Waals surface area contributed by atoms with Crippen LogP contribution in [0.3, 0.4) is 0 Å². The Morgan fingerprint density at radius 2 is 2.00 bits per heavy atom. The van der Waals surface area contributed by atoms with Crippen molar-refractivity contribution in [3.63, 3.8) is 0 Å². The van der Waals surface area contributed by atoms with Crippen molar-refractivity contribution in [1.29, 1.82) is 0 Å². The molecule has 13 heavy (non-hydrogen) atoms. The maximum absolute atomic E-state index is 5.23.